The lowest BCUT2D eigenvalue weighted by atomic mass is 10.3. The summed E-state index contributed by atoms with van der Waals surface area (Å²) in [5.41, 5.74) is 0. The van der Waals surface area contributed by atoms with Crippen molar-refractivity contribution < 1.29 is 22.8 Å². The summed E-state index contributed by atoms with van der Waals surface area (Å²) in [6, 6.07) is 8.49. The van der Waals surface area contributed by atoms with Gasteiger partial charge in [-0.1, -0.05) is 0 Å². The molecule has 0 aliphatic carbocycles. The highest BCUT2D eigenvalue weighted by atomic mass is 32.2. The molecule has 0 aliphatic rings. The molecule has 0 bridgehead atoms. The number of rotatable bonds is 7. The van der Waals surface area contributed by atoms with Crippen LogP contribution in [0.15, 0.2) is 47.5 Å². The monoisotopic (exact) mass is 339 g/mol. The predicted molar refractivity (Wildman–Crippen MR) is 79.7 cm³/mol. The first-order valence-corrected chi connectivity index (χ1v) is 7.90. The Morgan fingerprint density at radius 1 is 1.13 bits per heavy atom. The van der Waals surface area contributed by atoms with Gasteiger partial charge in [-0.25, -0.2) is 13.6 Å². The molecule has 0 fully saturated rings. The van der Waals surface area contributed by atoms with Gasteiger partial charge in [-0.15, -0.1) is 0 Å². The zero-order valence-electron chi connectivity index (χ0n) is 11.8. The Morgan fingerprint density at radius 3 is 2.39 bits per heavy atom. The molecule has 0 unspecified atom stereocenters. The first-order valence-electron chi connectivity index (χ1n) is 6.36. The van der Waals surface area contributed by atoms with Gasteiger partial charge < -0.3 is 19.6 Å². The van der Waals surface area contributed by atoms with Gasteiger partial charge in [-0.2, -0.15) is 0 Å². The molecular formula is C13H13N3O6S. The van der Waals surface area contributed by atoms with E-state index in [2.05, 4.69) is 4.98 Å². The molecule has 23 heavy (non-hydrogen) atoms. The predicted octanol–water partition coefficient (Wildman–Crippen LogP) is 1.10. The number of nitrogens with two attached hydrogens (primary N) is 1. The SMILES string of the molecule is NS(=O)(=O)c1ccc(OCCOc2cccnc2[N+](=O)[O-])cc1. The van der Waals surface area contributed by atoms with Crippen LogP contribution in [0.1, 0.15) is 0 Å². The standard InChI is InChI=1S/C13H13N3O6S/c14-23(19,20)11-5-3-10(4-6-11)21-8-9-22-12-2-1-7-15-13(12)16(17)18/h1-7H,8-9H2,(H2,14,19,20). The van der Waals surface area contributed by atoms with E-state index in [1.54, 1.807) is 0 Å². The number of pyridine rings is 1. The van der Waals surface area contributed by atoms with Gasteiger partial charge in [0.2, 0.25) is 15.8 Å². The maximum atomic E-state index is 11.1. The Hall–Kier alpha value is -2.72. The van der Waals surface area contributed by atoms with Crippen molar-refractivity contribution in [1.82, 2.24) is 4.98 Å². The summed E-state index contributed by atoms with van der Waals surface area (Å²) in [5, 5.41) is 15.7. The van der Waals surface area contributed by atoms with Crippen LogP contribution in [-0.2, 0) is 10.0 Å². The summed E-state index contributed by atoms with van der Waals surface area (Å²) >= 11 is 0. The molecular weight excluding hydrogens is 326 g/mol. The van der Waals surface area contributed by atoms with Crippen molar-refractivity contribution in [3.63, 3.8) is 0 Å². The fourth-order valence-corrected chi connectivity index (χ4v) is 2.18. The third-order valence-corrected chi connectivity index (χ3v) is 3.61. The summed E-state index contributed by atoms with van der Waals surface area (Å²) in [7, 11) is -3.74. The van der Waals surface area contributed by atoms with Crippen molar-refractivity contribution in [2.24, 2.45) is 5.14 Å². The van der Waals surface area contributed by atoms with Crippen LogP contribution in [0, 0.1) is 10.1 Å². The van der Waals surface area contributed by atoms with Crippen LogP contribution in [0.4, 0.5) is 5.82 Å². The van der Waals surface area contributed by atoms with Crippen molar-refractivity contribution in [1.29, 1.82) is 0 Å². The van der Waals surface area contributed by atoms with Gasteiger partial charge in [0.15, 0.2) is 0 Å². The molecule has 2 aromatic rings. The quantitative estimate of drug-likeness (QED) is 0.453. The molecule has 1 heterocycles. The number of benzene rings is 1. The van der Waals surface area contributed by atoms with E-state index in [0.29, 0.717) is 5.75 Å². The maximum Gasteiger partial charge on any atom is 0.406 e. The Morgan fingerprint density at radius 2 is 1.78 bits per heavy atom. The molecule has 122 valence electrons. The van der Waals surface area contributed by atoms with Crippen molar-refractivity contribution >= 4 is 15.8 Å². The van der Waals surface area contributed by atoms with Crippen molar-refractivity contribution in [3.05, 3.63) is 52.7 Å². The minimum absolute atomic E-state index is 0.0212. The second kappa shape index (κ2) is 7.03. The topological polar surface area (TPSA) is 135 Å². The third kappa shape index (κ3) is 4.63. The summed E-state index contributed by atoms with van der Waals surface area (Å²) < 4.78 is 32.8. The van der Waals surface area contributed by atoms with E-state index in [1.807, 2.05) is 0 Å². The van der Waals surface area contributed by atoms with Gasteiger partial charge in [-0.05, 0) is 46.3 Å². The number of sulfonamides is 1. The molecule has 9 nitrogen and oxygen atoms in total. The fraction of sp³-hybridized carbons (Fsp3) is 0.154. The summed E-state index contributed by atoms with van der Waals surface area (Å²) in [6.45, 7) is 0.171. The lowest BCUT2D eigenvalue weighted by Crippen LogP contribution is -2.12. The van der Waals surface area contributed by atoms with Crippen LogP contribution in [0.25, 0.3) is 0 Å². The van der Waals surface area contributed by atoms with E-state index < -0.39 is 14.9 Å². The molecule has 0 atom stereocenters. The fourth-order valence-electron chi connectivity index (χ4n) is 1.67. The van der Waals surface area contributed by atoms with Crippen molar-refractivity contribution in [3.8, 4) is 11.5 Å². The number of hydrogen-bond donors (Lipinski definition) is 1. The minimum Gasteiger partial charge on any atom is -0.490 e. The van der Waals surface area contributed by atoms with Crippen molar-refractivity contribution in [2.45, 2.75) is 4.90 Å². The van der Waals surface area contributed by atoms with Crippen molar-refractivity contribution in [2.75, 3.05) is 13.2 Å². The van der Waals surface area contributed by atoms with Crippen LogP contribution >= 0.6 is 0 Å². The molecule has 0 saturated carbocycles. The highest BCUT2D eigenvalue weighted by Crippen LogP contribution is 2.22. The molecule has 2 N–H and O–H groups in total. The van der Waals surface area contributed by atoms with Crippen LogP contribution in [0.5, 0.6) is 11.5 Å². The van der Waals surface area contributed by atoms with E-state index in [0.717, 1.165) is 0 Å². The maximum absolute atomic E-state index is 11.1. The van der Waals surface area contributed by atoms with E-state index in [4.69, 9.17) is 14.6 Å². The molecule has 0 spiro atoms. The average molecular weight is 339 g/mol. The van der Waals surface area contributed by atoms with Gasteiger partial charge in [-0.3, -0.25) is 0 Å². The lowest BCUT2D eigenvalue weighted by molar-refractivity contribution is -0.390. The van der Waals surface area contributed by atoms with Crippen LogP contribution < -0.4 is 14.6 Å². The van der Waals surface area contributed by atoms with Crippen LogP contribution in [-0.4, -0.2) is 31.5 Å². The molecule has 10 heteroatoms. The average Bonchev–Trinajstić information content (AvgIpc) is 2.51. The van der Waals surface area contributed by atoms with Gasteiger partial charge >= 0.3 is 5.82 Å². The zero-order valence-corrected chi connectivity index (χ0v) is 12.6. The van der Waals surface area contributed by atoms with Gasteiger partial charge in [0, 0.05) is 0 Å². The van der Waals surface area contributed by atoms with Gasteiger partial charge in [0.1, 0.15) is 25.2 Å². The second-order valence-corrected chi connectivity index (χ2v) is 5.86. The zero-order chi connectivity index (χ0) is 16.9. The third-order valence-electron chi connectivity index (χ3n) is 2.69. The Balaban J connectivity index is 1.88. The highest BCUT2D eigenvalue weighted by Gasteiger charge is 2.15. The molecule has 0 amide bonds. The highest BCUT2D eigenvalue weighted by molar-refractivity contribution is 7.89. The van der Waals surface area contributed by atoms with Gasteiger partial charge in [0.05, 0.1) is 4.90 Å². The summed E-state index contributed by atoms with van der Waals surface area (Å²) in [5.74, 6) is 0.0948. The summed E-state index contributed by atoms with van der Waals surface area (Å²) in [6.07, 6.45) is 1.30. The van der Waals surface area contributed by atoms with E-state index in [-0.39, 0.29) is 29.7 Å². The first kappa shape index (κ1) is 16.6. The molecule has 0 aliphatic heterocycles. The normalized spacial score (nSPS) is 11.0. The van der Waals surface area contributed by atoms with Crippen LogP contribution in [0.3, 0.4) is 0 Å². The van der Waals surface area contributed by atoms with Crippen LogP contribution in [0.2, 0.25) is 0 Å². The van der Waals surface area contributed by atoms with E-state index in [1.165, 1.54) is 42.6 Å². The number of aromatic nitrogens is 1. The Labute approximate surface area is 131 Å². The Kier molecular flexibility index (Phi) is 5.09. The molecule has 1 aromatic heterocycles. The molecule has 0 radical (unpaired) electrons. The van der Waals surface area contributed by atoms with Gasteiger partial charge in [0.25, 0.3) is 0 Å². The second-order valence-electron chi connectivity index (χ2n) is 4.30. The largest absolute Gasteiger partial charge is 0.490 e. The van der Waals surface area contributed by atoms with E-state index >= 15 is 0 Å². The number of primary sulfonamides is 1. The summed E-state index contributed by atoms with van der Waals surface area (Å²) in [4.78, 5) is 13.7. The minimum atomic E-state index is -3.74. The number of ether oxygens (including phenoxy) is 2. The smallest absolute Gasteiger partial charge is 0.406 e. The lowest BCUT2D eigenvalue weighted by Gasteiger charge is -2.08. The van der Waals surface area contributed by atoms with E-state index in [9.17, 15) is 18.5 Å². The number of hydrogen-bond acceptors (Lipinski definition) is 7. The Bertz CT molecular complexity index is 792. The number of nitrogens with zero attached hydrogens (tertiary/aromatic N) is 2. The number of nitro groups is 1. The first-order chi connectivity index (χ1) is 10.9. The molecule has 2 rings (SSSR count). The molecule has 1 aromatic carbocycles. The molecule has 0 saturated heterocycles.